The summed E-state index contributed by atoms with van der Waals surface area (Å²) in [5, 5.41) is 8.81. The van der Waals surface area contributed by atoms with Crippen molar-refractivity contribution in [3.05, 3.63) is 35.9 Å². The number of fused-ring (bicyclic) bond motifs is 3. The Kier molecular flexibility index (Phi) is 3.14. The summed E-state index contributed by atoms with van der Waals surface area (Å²) >= 11 is 0. The molecule has 1 heterocycles. The van der Waals surface area contributed by atoms with Gasteiger partial charge in [0.05, 0.1) is 4.90 Å². The number of nitrogens with two attached hydrogens (primary N) is 1. The molecular formula is C15H20N2O2S. The van der Waals surface area contributed by atoms with E-state index in [-0.39, 0.29) is 4.90 Å². The van der Waals surface area contributed by atoms with Crippen molar-refractivity contribution in [2.45, 2.75) is 37.1 Å². The summed E-state index contributed by atoms with van der Waals surface area (Å²) in [6.45, 7) is 4.44. The van der Waals surface area contributed by atoms with Crippen molar-refractivity contribution in [2.24, 2.45) is 17.0 Å². The Hall–Kier alpha value is -1.33. The molecule has 0 bridgehead atoms. The molecule has 1 aliphatic heterocycles. The van der Waals surface area contributed by atoms with Gasteiger partial charge < -0.3 is 5.32 Å². The minimum Gasteiger partial charge on any atom is -0.381 e. The maximum atomic E-state index is 11.5. The van der Waals surface area contributed by atoms with Crippen molar-refractivity contribution < 1.29 is 8.42 Å². The summed E-state index contributed by atoms with van der Waals surface area (Å²) in [7, 11) is -3.65. The van der Waals surface area contributed by atoms with Crippen LogP contribution in [0.15, 0.2) is 35.2 Å². The van der Waals surface area contributed by atoms with Crippen molar-refractivity contribution in [1.82, 2.24) is 0 Å². The van der Waals surface area contributed by atoms with E-state index in [2.05, 4.69) is 31.3 Å². The summed E-state index contributed by atoms with van der Waals surface area (Å²) < 4.78 is 23.0. The standard InChI is InChI=1S/C15H20N2O2S/c1-9(2)15-12-5-3-4-11(12)13-8-10(20(16,18)19)6-7-14(13)17-15/h3-4,6-9,11-12,15,17H,5H2,1-2H3,(H2,16,18,19)/t11-,12+,15+/m0/s1. The van der Waals surface area contributed by atoms with Crippen LogP contribution in [0.25, 0.3) is 0 Å². The van der Waals surface area contributed by atoms with Crippen molar-refractivity contribution >= 4 is 15.7 Å². The van der Waals surface area contributed by atoms with E-state index in [4.69, 9.17) is 5.14 Å². The molecule has 0 spiro atoms. The third-order valence-electron chi connectivity index (χ3n) is 4.43. The summed E-state index contributed by atoms with van der Waals surface area (Å²) in [6, 6.07) is 5.56. The topological polar surface area (TPSA) is 72.2 Å². The predicted octanol–water partition coefficient (Wildman–Crippen LogP) is 2.44. The van der Waals surface area contributed by atoms with Crippen LogP contribution < -0.4 is 10.5 Å². The highest BCUT2D eigenvalue weighted by Crippen LogP contribution is 2.46. The Labute approximate surface area is 120 Å². The molecule has 0 unspecified atom stereocenters. The van der Waals surface area contributed by atoms with E-state index in [0.29, 0.717) is 23.8 Å². The van der Waals surface area contributed by atoms with Crippen LogP contribution in [-0.4, -0.2) is 14.5 Å². The predicted molar refractivity (Wildman–Crippen MR) is 80.1 cm³/mol. The van der Waals surface area contributed by atoms with Crippen LogP contribution in [0.1, 0.15) is 31.7 Å². The van der Waals surface area contributed by atoms with Gasteiger partial charge in [0, 0.05) is 17.6 Å². The minimum atomic E-state index is -3.65. The average molecular weight is 292 g/mol. The van der Waals surface area contributed by atoms with Crippen LogP contribution in [-0.2, 0) is 10.0 Å². The normalized spacial score (nSPS) is 28.1. The van der Waals surface area contributed by atoms with E-state index < -0.39 is 10.0 Å². The van der Waals surface area contributed by atoms with E-state index in [9.17, 15) is 8.42 Å². The third kappa shape index (κ3) is 2.15. The molecule has 0 radical (unpaired) electrons. The average Bonchev–Trinajstić information content (AvgIpc) is 2.85. The van der Waals surface area contributed by atoms with Gasteiger partial charge in [-0.25, -0.2) is 13.6 Å². The number of sulfonamides is 1. The molecule has 3 atom stereocenters. The van der Waals surface area contributed by atoms with Gasteiger partial charge in [0.15, 0.2) is 0 Å². The van der Waals surface area contributed by atoms with Gasteiger partial charge in [-0.3, -0.25) is 0 Å². The quantitative estimate of drug-likeness (QED) is 0.822. The SMILES string of the molecule is CC(C)[C@H]1Nc2ccc(S(N)(=O)=O)cc2[C@H]2C=CC[C@H]21. The lowest BCUT2D eigenvalue weighted by molar-refractivity contribution is 0.342. The fourth-order valence-electron chi connectivity index (χ4n) is 3.45. The molecule has 108 valence electrons. The molecule has 20 heavy (non-hydrogen) atoms. The van der Waals surface area contributed by atoms with E-state index in [1.165, 1.54) is 0 Å². The molecule has 0 aromatic heterocycles. The van der Waals surface area contributed by atoms with Crippen molar-refractivity contribution in [3.8, 4) is 0 Å². The number of anilines is 1. The lowest BCUT2D eigenvalue weighted by Gasteiger charge is -2.39. The van der Waals surface area contributed by atoms with Gasteiger partial charge in [-0.05, 0) is 42.0 Å². The molecule has 5 heteroatoms. The molecule has 3 N–H and O–H groups in total. The Morgan fingerprint density at radius 1 is 1.35 bits per heavy atom. The summed E-state index contributed by atoms with van der Waals surface area (Å²) in [6.07, 6.45) is 5.44. The number of primary sulfonamides is 1. The lowest BCUT2D eigenvalue weighted by Crippen LogP contribution is -2.39. The molecule has 3 rings (SSSR count). The van der Waals surface area contributed by atoms with Gasteiger partial charge in [-0.2, -0.15) is 0 Å². The number of hydrogen-bond donors (Lipinski definition) is 2. The number of nitrogens with one attached hydrogen (secondary N) is 1. The Morgan fingerprint density at radius 3 is 2.75 bits per heavy atom. The van der Waals surface area contributed by atoms with Crippen LogP contribution in [0.2, 0.25) is 0 Å². The Morgan fingerprint density at radius 2 is 2.10 bits per heavy atom. The van der Waals surface area contributed by atoms with Gasteiger partial charge in [0.25, 0.3) is 0 Å². The molecule has 1 aromatic carbocycles. The number of allylic oxidation sites excluding steroid dienone is 2. The fourth-order valence-corrected chi connectivity index (χ4v) is 4.00. The molecule has 1 aliphatic carbocycles. The van der Waals surface area contributed by atoms with E-state index in [1.54, 1.807) is 12.1 Å². The second-order valence-electron chi connectivity index (χ2n) is 6.06. The molecule has 4 nitrogen and oxygen atoms in total. The van der Waals surface area contributed by atoms with E-state index in [0.717, 1.165) is 17.7 Å². The second-order valence-corrected chi connectivity index (χ2v) is 7.62. The van der Waals surface area contributed by atoms with Crippen LogP contribution >= 0.6 is 0 Å². The zero-order valence-corrected chi connectivity index (χ0v) is 12.5. The third-order valence-corrected chi connectivity index (χ3v) is 5.34. The van der Waals surface area contributed by atoms with Gasteiger partial charge in [-0.15, -0.1) is 0 Å². The van der Waals surface area contributed by atoms with Crippen molar-refractivity contribution in [2.75, 3.05) is 5.32 Å². The summed E-state index contributed by atoms with van der Waals surface area (Å²) in [4.78, 5) is 0.195. The van der Waals surface area contributed by atoms with Gasteiger partial charge in [0.1, 0.15) is 0 Å². The first-order valence-corrected chi connectivity index (χ1v) is 8.52. The largest absolute Gasteiger partial charge is 0.381 e. The first kappa shape index (κ1) is 13.6. The van der Waals surface area contributed by atoms with Crippen LogP contribution in [0.4, 0.5) is 5.69 Å². The second kappa shape index (κ2) is 4.60. The van der Waals surface area contributed by atoms with E-state index >= 15 is 0 Å². The highest BCUT2D eigenvalue weighted by Gasteiger charge is 2.38. The maximum Gasteiger partial charge on any atom is 0.238 e. The number of rotatable bonds is 2. The fraction of sp³-hybridized carbons (Fsp3) is 0.467. The van der Waals surface area contributed by atoms with Gasteiger partial charge >= 0.3 is 0 Å². The molecule has 2 aliphatic rings. The molecule has 0 saturated heterocycles. The zero-order valence-electron chi connectivity index (χ0n) is 11.7. The first-order chi connectivity index (χ1) is 9.38. The zero-order chi connectivity index (χ0) is 14.5. The smallest absolute Gasteiger partial charge is 0.238 e. The molecule has 0 saturated carbocycles. The van der Waals surface area contributed by atoms with Crippen LogP contribution in [0, 0.1) is 11.8 Å². The van der Waals surface area contributed by atoms with E-state index in [1.807, 2.05) is 6.07 Å². The molecule has 0 amide bonds. The monoisotopic (exact) mass is 292 g/mol. The highest BCUT2D eigenvalue weighted by molar-refractivity contribution is 7.89. The lowest BCUT2D eigenvalue weighted by atomic mass is 9.76. The van der Waals surface area contributed by atoms with Gasteiger partial charge in [0.2, 0.25) is 10.0 Å². The Bertz CT molecular complexity index is 664. The first-order valence-electron chi connectivity index (χ1n) is 6.98. The molecule has 1 aromatic rings. The Balaban J connectivity index is 2.09. The highest BCUT2D eigenvalue weighted by atomic mass is 32.2. The van der Waals surface area contributed by atoms with Gasteiger partial charge in [-0.1, -0.05) is 26.0 Å². The van der Waals surface area contributed by atoms with Crippen molar-refractivity contribution in [3.63, 3.8) is 0 Å². The minimum absolute atomic E-state index is 0.195. The summed E-state index contributed by atoms with van der Waals surface area (Å²) in [5.41, 5.74) is 2.08. The molecular weight excluding hydrogens is 272 g/mol. The molecule has 0 fully saturated rings. The maximum absolute atomic E-state index is 11.5. The van der Waals surface area contributed by atoms with Crippen LogP contribution in [0.5, 0.6) is 0 Å². The summed E-state index contributed by atoms with van der Waals surface area (Å²) in [5.74, 6) is 1.33. The van der Waals surface area contributed by atoms with Crippen LogP contribution in [0.3, 0.4) is 0 Å². The number of hydrogen-bond acceptors (Lipinski definition) is 3. The van der Waals surface area contributed by atoms with Crippen molar-refractivity contribution in [1.29, 1.82) is 0 Å². The number of benzene rings is 1.